The Balaban J connectivity index is 1.64. The Bertz CT molecular complexity index is 270. The number of hydrogen-bond donors (Lipinski definition) is 2. The molecular formula is C11H16N2O. The van der Waals surface area contributed by atoms with Crippen molar-refractivity contribution in [1.29, 1.82) is 0 Å². The normalized spacial score (nSPS) is 18.1. The summed E-state index contributed by atoms with van der Waals surface area (Å²) in [4.78, 5) is 2.19. The number of likely N-dealkylation sites (tertiary alicyclic amines) is 1. The summed E-state index contributed by atoms with van der Waals surface area (Å²) in [7, 11) is 0. The van der Waals surface area contributed by atoms with Gasteiger partial charge in [0.25, 0.3) is 0 Å². The maximum absolute atomic E-state index is 9.07. The zero-order valence-corrected chi connectivity index (χ0v) is 8.19. The molecule has 14 heavy (non-hydrogen) atoms. The Morgan fingerprint density at radius 3 is 2.64 bits per heavy atom. The van der Waals surface area contributed by atoms with Gasteiger partial charge in [0, 0.05) is 26.3 Å². The van der Waals surface area contributed by atoms with Gasteiger partial charge in [-0.1, -0.05) is 30.3 Å². The number of hydrogen-bond acceptors (Lipinski definition) is 3. The highest BCUT2D eigenvalue weighted by atomic mass is 16.3. The number of β-amino-alcohol motifs (C(OH)–C–C–N with tert-alkyl or cyclic N) is 1. The van der Waals surface area contributed by atoms with Gasteiger partial charge in [-0.05, 0) is 5.56 Å². The topological polar surface area (TPSA) is 35.5 Å². The average Bonchev–Trinajstić information content (AvgIpc) is 2.17. The summed E-state index contributed by atoms with van der Waals surface area (Å²) >= 11 is 0. The molecule has 0 atom stereocenters. The zero-order chi connectivity index (χ0) is 9.80. The molecule has 2 N–H and O–H groups in total. The highest BCUT2D eigenvalue weighted by molar-refractivity contribution is 5.14. The van der Waals surface area contributed by atoms with E-state index in [1.807, 2.05) is 18.2 Å². The summed E-state index contributed by atoms with van der Waals surface area (Å²) in [6, 6.07) is 10.3. The third-order valence-electron chi connectivity index (χ3n) is 2.45. The van der Waals surface area contributed by atoms with E-state index in [9.17, 15) is 0 Å². The van der Waals surface area contributed by atoms with E-state index in [-0.39, 0.29) is 6.10 Å². The number of rotatable bonds is 4. The summed E-state index contributed by atoms with van der Waals surface area (Å²) in [6.45, 7) is 3.38. The Kier molecular flexibility index (Phi) is 3.14. The van der Waals surface area contributed by atoms with Crippen LogP contribution in [-0.4, -0.2) is 35.9 Å². The van der Waals surface area contributed by atoms with Gasteiger partial charge in [-0.25, -0.2) is 0 Å². The maximum atomic E-state index is 9.07. The molecule has 3 heteroatoms. The summed E-state index contributed by atoms with van der Waals surface area (Å²) in [5.41, 5.74) is 1.30. The van der Waals surface area contributed by atoms with Crippen LogP contribution in [0.3, 0.4) is 0 Å². The molecule has 0 amide bonds. The van der Waals surface area contributed by atoms with Gasteiger partial charge in [-0.3, -0.25) is 4.90 Å². The van der Waals surface area contributed by atoms with Crippen LogP contribution in [0, 0.1) is 0 Å². The minimum atomic E-state index is -0.103. The minimum absolute atomic E-state index is 0.103. The third kappa shape index (κ3) is 2.54. The van der Waals surface area contributed by atoms with E-state index in [0.29, 0.717) is 0 Å². The van der Waals surface area contributed by atoms with Crippen LogP contribution < -0.4 is 5.32 Å². The van der Waals surface area contributed by atoms with E-state index in [2.05, 4.69) is 22.3 Å². The smallest absolute Gasteiger partial charge is 0.0794 e. The van der Waals surface area contributed by atoms with E-state index in [1.54, 1.807) is 0 Å². The lowest BCUT2D eigenvalue weighted by Crippen LogP contribution is -2.53. The fourth-order valence-electron chi connectivity index (χ4n) is 1.63. The van der Waals surface area contributed by atoms with Crippen molar-refractivity contribution in [2.24, 2.45) is 0 Å². The molecule has 0 unspecified atom stereocenters. The number of nitrogens with zero attached hydrogens (tertiary/aromatic N) is 1. The molecular weight excluding hydrogens is 176 g/mol. The third-order valence-corrected chi connectivity index (χ3v) is 2.45. The number of benzene rings is 1. The van der Waals surface area contributed by atoms with Crippen LogP contribution in [0.15, 0.2) is 30.3 Å². The Morgan fingerprint density at radius 2 is 2.00 bits per heavy atom. The average molecular weight is 192 g/mol. The molecule has 0 aromatic heterocycles. The second-order valence-corrected chi connectivity index (χ2v) is 3.76. The predicted octanol–water partition coefficient (Wildman–Crippen LogP) is 0.410. The lowest BCUT2D eigenvalue weighted by atomic mass is 10.2. The Morgan fingerprint density at radius 1 is 1.29 bits per heavy atom. The molecule has 1 aliphatic rings. The van der Waals surface area contributed by atoms with Crippen molar-refractivity contribution >= 4 is 0 Å². The van der Waals surface area contributed by atoms with Crippen LogP contribution in [0.1, 0.15) is 5.56 Å². The standard InChI is InChI=1S/C11H16N2O/c14-11-7-13(8-11)9-12-6-10-4-2-1-3-5-10/h1-5,11-12,14H,6-9H2. The molecule has 0 spiro atoms. The zero-order valence-electron chi connectivity index (χ0n) is 8.19. The number of aliphatic hydroxyl groups excluding tert-OH is 1. The first-order valence-corrected chi connectivity index (χ1v) is 4.99. The van der Waals surface area contributed by atoms with Crippen LogP contribution in [0.5, 0.6) is 0 Å². The van der Waals surface area contributed by atoms with E-state index < -0.39 is 0 Å². The van der Waals surface area contributed by atoms with Gasteiger partial charge < -0.3 is 10.4 Å². The molecule has 0 bridgehead atoms. The highest BCUT2D eigenvalue weighted by Gasteiger charge is 2.22. The van der Waals surface area contributed by atoms with E-state index in [1.165, 1.54) is 5.56 Å². The summed E-state index contributed by atoms with van der Waals surface area (Å²) in [5, 5.41) is 12.4. The van der Waals surface area contributed by atoms with Crippen molar-refractivity contribution in [2.45, 2.75) is 12.6 Å². The largest absolute Gasteiger partial charge is 0.390 e. The molecule has 0 radical (unpaired) electrons. The van der Waals surface area contributed by atoms with Crippen LogP contribution in [-0.2, 0) is 6.54 Å². The van der Waals surface area contributed by atoms with Gasteiger partial charge in [-0.15, -0.1) is 0 Å². The summed E-state index contributed by atoms with van der Waals surface area (Å²) < 4.78 is 0. The number of aliphatic hydroxyl groups is 1. The van der Waals surface area contributed by atoms with Crippen LogP contribution in [0.2, 0.25) is 0 Å². The molecule has 0 saturated carbocycles. The summed E-state index contributed by atoms with van der Waals surface area (Å²) in [6.07, 6.45) is -0.103. The van der Waals surface area contributed by atoms with Crippen molar-refractivity contribution in [3.63, 3.8) is 0 Å². The molecule has 1 aliphatic heterocycles. The fraction of sp³-hybridized carbons (Fsp3) is 0.455. The molecule has 1 saturated heterocycles. The first-order valence-electron chi connectivity index (χ1n) is 4.99. The monoisotopic (exact) mass is 192 g/mol. The highest BCUT2D eigenvalue weighted by Crippen LogP contribution is 2.05. The van der Waals surface area contributed by atoms with Crippen molar-refractivity contribution in [3.8, 4) is 0 Å². The fourth-order valence-corrected chi connectivity index (χ4v) is 1.63. The van der Waals surface area contributed by atoms with Crippen LogP contribution >= 0.6 is 0 Å². The van der Waals surface area contributed by atoms with Gasteiger partial charge in [0.1, 0.15) is 0 Å². The van der Waals surface area contributed by atoms with Gasteiger partial charge in [0.2, 0.25) is 0 Å². The van der Waals surface area contributed by atoms with Gasteiger partial charge >= 0.3 is 0 Å². The Labute approximate surface area is 84.4 Å². The van der Waals surface area contributed by atoms with Crippen LogP contribution in [0.25, 0.3) is 0 Å². The van der Waals surface area contributed by atoms with Crippen molar-refractivity contribution in [2.75, 3.05) is 19.8 Å². The molecule has 76 valence electrons. The lowest BCUT2D eigenvalue weighted by Gasteiger charge is -2.35. The lowest BCUT2D eigenvalue weighted by molar-refractivity contribution is -0.00258. The maximum Gasteiger partial charge on any atom is 0.0794 e. The first-order chi connectivity index (χ1) is 6.84. The van der Waals surface area contributed by atoms with E-state index in [4.69, 9.17) is 5.11 Å². The predicted molar refractivity (Wildman–Crippen MR) is 55.7 cm³/mol. The van der Waals surface area contributed by atoms with Gasteiger partial charge in [0.05, 0.1) is 6.10 Å². The van der Waals surface area contributed by atoms with Crippen molar-refractivity contribution in [3.05, 3.63) is 35.9 Å². The second-order valence-electron chi connectivity index (χ2n) is 3.76. The SMILES string of the molecule is OC1CN(CNCc2ccccc2)C1. The molecule has 2 rings (SSSR count). The first kappa shape index (κ1) is 9.65. The minimum Gasteiger partial charge on any atom is -0.390 e. The molecule has 3 nitrogen and oxygen atoms in total. The second kappa shape index (κ2) is 4.55. The Hall–Kier alpha value is -0.900. The van der Waals surface area contributed by atoms with Crippen molar-refractivity contribution < 1.29 is 5.11 Å². The molecule has 0 aliphatic carbocycles. The van der Waals surface area contributed by atoms with Crippen molar-refractivity contribution in [1.82, 2.24) is 10.2 Å². The summed E-state index contributed by atoms with van der Waals surface area (Å²) in [5.74, 6) is 0. The van der Waals surface area contributed by atoms with Crippen LogP contribution in [0.4, 0.5) is 0 Å². The molecule has 1 heterocycles. The van der Waals surface area contributed by atoms with Gasteiger partial charge in [-0.2, -0.15) is 0 Å². The van der Waals surface area contributed by atoms with Gasteiger partial charge in [0.15, 0.2) is 0 Å². The quantitative estimate of drug-likeness (QED) is 0.725. The number of nitrogens with one attached hydrogen (secondary N) is 1. The molecule has 1 fully saturated rings. The molecule has 1 aromatic rings. The molecule has 1 aromatic carbocycles. The van der Waals surface area contributed by atoms with E-state index in [0.717, 1.165) is 26.3 Å². The van der Waals surface area contributed by atoms with E-state index >= 15 is 0 Å².